The van der Waals surface area contributed by atoms with E-state index in [1.165, 1.54) is 0 Å². The number of amides is 1. The Hall–Kier alpha value is -0.650. The van der Waals surface area contributed by atoms with E-state index in [9.17, 15) is 9.90 Å². The van der Waals surface area contributed by atoms with Crippen LogP contribution in [0.2, 0.25) is 0 Å². The van der Waals surface area contributed by atoms with Crippen molar-refractivity contribution in [2.45, 2.75) is 25.0 Å². The summed E-state index contributed by atoms with van der Waals surface area (Å²) in [5.41, 5.74) is 5.76. The third-order valence-corrected chi connectivity index (χ3v) is 2.51. The molecule has 1 rings (SSSR count). The van der Waals surface area contributed by atoms with Crippen molar-refractivity contribution in [2.24, 2.45) is 5.73 Å². The molecule has 82 valence electrons. The average molecular weight is 201 g/mol. The molecule has 0 aliphatic carbocycles. The SMILES string of the molecule is CNC(=O)CN1CC[C@H](N)C[C@H](O)C1. The standard InChI is InChI=1S/C9H19N3O2/c1-11-9(14)6-12-3-2-7(10)4-8(13)5-12/h7-8,13H,2-6,10H2,1H3,(H,11,14)/t7-,8-/m0/s1. The molecule has 0 aromatic carbocycles. The van der Waals surface area contributed by atoms with Gasteiger partial charge in [-0.05, 0) is 12.8 Å². The maximum absolute atomic E-state index is 11.1. The maximum Gasteiger partial charge on any atom is 0.233 e. The van der Waals surface area contributed by atoms with Gasteiger partial charge in [-0.25, -0.2) is 0 Å². The van der Waals surface area contributed by atoms with Gasteiger partial charge in [0.1, 0.15) is 0 Å². The zero-order chi connectivity index (χ0) is 10.6. The molecule has 1 aliphatic heterocycles. The Bertz CT molecular complexity index is 198. The van der Waals surface area contributed by atoms with Gasteiger partial charge in [-0.1, -0.05) is 0 Å². The summed E-state index contributed by atoms with van der Waals surface area (Å²) in [6.07, 6.45) is 1.07. The Morgan fingerprint density at radius 2 is 2.43 bits per heavy atom. The van der Waals surface area contributed by atoms with Crippen LogP contribution in [0, 0.1) is 0 Å². The molecule has 4 N–H and O–H groups in total. The van der Waals surface area contributed by atoms with Crippen molar-refractivity contribution in [1.82, 2.24) is 10.2 Å². The van der Waals surface area contributed by atoms with Gasteiger partial charge >= 0.3 is 0 Å². The van der Waals surface area contributed by atoms with E-state index in [0.29, 0.717) is 19.5 Å². The molecule has 0 unspecified atom stereocenters. The van der Waals surface area contributed by atoms with E-state index in [-0.39, 0.29) is 11.9 Å². The van der Waals surface area contributed by atoms with Gasteiger partial charge in [0.25, 0.3) is 0 Å². The molecule has 0 aromatic heterocycles. The van der Waals surface area contributed by atoms with Crippen molar-refractivity contribution in [1.29, 1.82) is 0 Å². The first-order valence-electron chi connectivity index (χ1n) is 4.98. The predicted octanol–water partition coefficient (Wildman–Crippen LogP) is -1.48. The normalized spacial score (nSPS) is 29.6. The number of aliphatic hydroxyl groups excluding tert-OH is 1. The van der Waals surface area contributed by atoms with Crippen molar-refractivity contribution >= 4 is 5.91 Å². The Labute approximate surface area is 84.3 Å². The second-order valence-electron chi connectivity index (χ2n) is 3.85. The number of nitrogens with zero attached hydrogens (tertiary/aromatic N) is 1. The Balaban J connectivity index is 2.41. The van der Waals surface area contributed by atoms with Gasteiger partial charge < -0.3 is 16.2 Å². The van der Waals surface area contributed by atoms with Gasteiger partial charge in [-0.3, -0.25) is 9.69 Å². The van der Waals surface area contributed by atoms with Gasteiger partial charge in [0, 0.05) is 26.2 Å². The molecule has 1 amide bonds. The van der Waals surface area contributed by atoms with E-state index in [2.05, 4.69) is 5.32 Å². The summed E-state index contributed by atoms with van der Waals surface area (Å²) in [7, 11) is 1.61. The molecule has 1 fully saturated rings. The van der Waals surface area contributed by atoms with Crippen LogP contribution in [0.25, 0.3) is 0 Å². The molecule has 1 aliphatic rings. The van der Waals surface area contributed by atoms with Crippen molar-refractivity contribution < 1.29 is 9.90 Å². The second kappa shape index (κ2) is 5.29. The van der Waals surface area contributed by atoms with Gasteiger partial charge in [0.05, 0.1) is 12.6 Å². The summed E-state index contributed by atoms with van der Waals surface area (Å²) in [5.74, 6) is -0.0207. The minimum Gasteiger partial charge on any atom is -0.392 e. The summed E-state index contributed by atoms with van der Waals surface area (Å²) >= 11 is 0. The lowest BCUT2D eigenvalue weighted by molar-refractivity contribution is -0.121. The monoisotopic (exact) mass is 201 g/mol. The highest BCUT2D eigenvalue weighted by atomic mass is 16.3. The van der Waals surface area contributed by atoms with Crippen LogP contribution < -0.4 is 11.1 Å². The van der Waals surface area contributed by atoms with Crippen LogP contribution >= 0.6 is 0 Å². The largest absolute Gasteiger partial charge is 0.392 e. The van der Waals surface area contributed by atoms with Crippen molar-refractivity contribution in [3.63, 3.8) is 0 Å². The van der Waals surface area contributed by atoms with E-state index in [1.54, 1.807) is 7.05 Å². The summed E-state index contributed by atoms with van der Waals surface area (Å²) in [5, 5.41) is 12.1. The van der Waals surface area contributed by atoms with Crippen LogP contribution in [0.5, 0.6) is 0 Å². The highest BCUT2D eigenvalue weighted by Crippen LogP contribution is 2.09. The van der Waals surface area contributed by atoms with Crippen LogP contribution in [-0.2, 0) is 4.79 Å². The minimum absolute atomic E-state index is 0.0207. The first kappa shape index (κ1) is 11.4. The molecule has 0 radical (unpaired) electrons. The number of hydrogen-bond donors (Lipinski definition) is 3. The number of likely N-dealkylation sites (N-methyl/N-ethyl adjacent to an activating group) is 1. The summed E-state index contributed by atoms with van der Waals surface area (Å²) in [4.78, 5) is 13.1. The molecule has 14 heavy (non-hydrogen) atoms. The summed E-state index contributed by atoms with van der Waals surface area (Å²) in [6.45, 7) is 1.67. The summed E-state index contributed by atoms with van der Waals surface area (Å²) < 4.78 is 0. The molecular formula is C9H19N3O2. The van der Waals surface area contributed by atoms with E-state index in [0.717, 1.165) is 13.0 Å². The summed E-state index contributed by atoms with van der Waals surface area (Å²) in [6, 6.07) is 0.0553. The molecule has 1 saturated heterocycles. The van der Waals surface area contributed by atoms with Crippen LogP contribution in [-0.4, -0.2) is 54.7 Å². The molecule has 0 bridgehead atoms. The molecule has 1 heterocycles. The predicted molar refractivity (Wildman–Crippen MR) is 53.7 cm³/mol. The zero-order valence-corrected chi connectivity index (χ0v) is 8.57. The number of nitrogens with two attached hydrogens (primary N) is 1. The highest BCUT2D eigenvalue weighted by Gasteiger charge is 2.21. The number of β-amino-alcohol motifs (C(OH)–C–C–N with tert-alkyl or cyclic N) is 1. The molecule has 0 saturated carbocycles. The fourth-order valence-electron chi connectivity index (χ4n) is 1.71. The Morgan fingerprint density at radius 1 is 1.71 bits per heavy atom. The van der Waals surface area contributed by atoms with Gasteiger partial charge in [0.15, 0.2) is 0 Å². The molecular weight excluding hydrogens is 182 g/mol. The topological polar surface area (TPSA) is 78.6 Å². The third kappa shape index (κ3) is 3.61. The van der Waals surface area contributed by atoms with E-state index >= 15 is 0 Å². The van der Waals surface area contributed by atoms with E-state index in [4.69, 9.17) is 5.73 Å². The lowest BCUT2D eigenvalue weighted by Gasteiger charge is -2.20. The Morgan fingerprint density at radius 3 is 3.07 bits per heavy atom. The molecule has 5 heteroatoms. The first-order chi connectivity index (χ1) is 6.61. The van der Waals surface area contributed by atoms with E-state index in [1.807, 2.05) is 4.90 Å². The number of carbonyl (C=O) groups is 1. The third-order valence-electron chi connectivity index (χ3n) is 2.51. The van der Waals surface area contributed by atoms with Crippen LogP contribution in [0.4, 0.5) is 0 Å². The smallest absolute Gasteiger partial charge is 0.233 e. The minimum atomic E-state index is -0.405. The van der Waals surface area contributed by atoms with Gasteiger partial charge in [0.2, 0.25) is 5.91 Å². The van der Waals surface area contributed by atoms with E-state index < -0.39 is 6.10 Å². The highest BCUT2D eigenvalue weighted by molar-refractivity contribution is 5.77. The molecule has 0 aromatic rings. The fraction of sp³-hybridized carbons (Fsp3) is 0.889. The van der Waals surface area contributed by atoms with Gasteiger partial charge in [-0.15, -0.1) is 0 Å². The quantitative estimate of drug-likeness (QED) is 0.509. The number of carbonyl (C=O) groups excluding carboxylic acids is 1. The second-order valence-corrected chi connectivity index (χ2v) is 3.85. The fourth-order valence-corrected chi connectivity index (χ4v) is 1.71. The zero-order valence-electron chi connectivity index (χ0n) is 8.57. The average Bonchev–Trinajstić information content (AvgIpc) is 2.27. The lowest BCUT2D eigenvalue weighted by Crippen LogP contribution is -2.39. The lowest BCUT2D eigenvalue weighted by atomic mass is 10.1. The van der Waals surface area contributed by atoms with Crippen LogP contribution in [0.15, 0.2) is 0 Å². The van der Waals surface area contributed by atoms with Crippen LogP contribution in [0.3, 0.4) is 0 Å². The number of likely N-dealkylation sites (tertiary alicyclic amines) is 1. The number of nitrogens with one attached hydrogen (secondary N) is 1. The maximum atomic E-state index is 11.1. The first-order valence-corrected chi connectivity index (χ1v) is 4.98. The van der Waals surface area contributed by atoms with Gasteiger partial charge in [-0.2, -0.15) is 0 Å². The number of rotatable bonds is 2. The Kier molecular flexibility index (Phi) is 4.31. The number of aliphatic hydroxyl groups is 1. The van der Waals surface area contributed by atoms with Crippen molar-refractivity contribution in [3.8, 4) is 0 Å². The van der Waals surface area contributed by atoms with Crippen LogP contribution in [0.1, 0.15) is 12.8 Å². The van der Waals surface area contributed by atoms with Crippen molar-refractivity contribution in [2.75, 3.05) is 26.7 Å². The molecule has 5 nitrogen and oxygen atoms in total. The molecule has 2 atom stereocenters. The molecule has 0 spiro atoms. The number of hydrogen-bond acceptors (Lipinski definition) is 4. The van der Waals surface area contributed by atoms with Crippen molar-refractivity contribution in [3.05, 3.63) is 0 Å².